The smallest absolute Gasteiger partial charge is 0.310 e. The quantitative estimate of drug-likeness (QED) is 0.626. The molecule has 0 fully saturated rings. The van der Waals surface area contributed by atoms with E-state index in [1.807, 2.05) is 30.3 Å². The lowest BCUT2D eigenvalue weighted by molar-refractivity contribution is -0.386. The highest BCUT2D eigenvalue weighted by molar-refractivity contribution is 5.48. The first kappa shape index (κ1) is 16.0. The number of hydrogen-bond donors (Lipinski definition) is 1. The molecule has 5 nitrogen and oxygen atoms in total. The number of hydrogen-bond acceptors (Lipinski definition) is 4. The van der Waals surface area contributed by atoms with Crippen LogP contribution in [0.5, 0.6) is 5.75 Å². The van der Waals surface area contributed by atoms with E-state index >= 15 is 0 Å². The van der Waals surface area contributed by atoms with E-state index in [1.165, 1.54) is 6.07 Å². The molecule has 5 heteroatoms. The van der Waals surface area contributed by atoms with Crippen LogP contribution in [0.25, 0.3) is 0 Å². The van der Waals surface area contributed by atoms with Gasteiger partial charge in [-0.2, -0.15) is 0 Å². The maximum Gasteiger partial charge on any atom is 0.310 e. The van der Waals surface area contributed by atoms with Crippen LogP contribution in [0.2, 0.25) is 0 Å². The molecular formula is C17H20N2O3. The van der Waals surface area contributed by atoms with Crippen molar-refractivity contribution in [2.24, 2.45) is 0 Å². The van der Waals surface area contributed by atoms with Crippen LogP contribution < -0.4 is 10.1 Å². The molecule has 0 atom stereocenters. The van der Waals surface area contributed by atoms with E-state index in [4.69, 9.17) is 4.74 Å². The van der Waals surface area contributed by atoms with Gasteiger partial charge < -0.3 is 10.1 Å². The molecule has 0 aliphatic rings. The molecule has 0 spiro atoms. The van der Waals surface area contributed by atoms with Gasteiger partial charge >= 0.3 is 5.69 Å². The third-order valence-electron chi connectivity index (χ3n) is 3.17. The monoisotopic (exact) mass is 300 g/mol. The topological polar surface area (TPSA) is 64.4 Å². The van der Waals surface area contributed by atoms with E-state index in [0.717, 1.165) is 11.1 Å². The molecule has 0 radical (unpaired) electrons. The van der Waals surface area contributed by atoms with Crippen molar-refractivity contribution in [2.75, 3.05) is 0 Å². The third-order valence-corrected chi connectivity index (χ3v) is 3.17. The Morgan fingerprint density at radius 2 is 1.86 bits per heavy atom. The Morgan fingerprint density at radius 1 is 1.14 bits per heavy atom. The minimum atomic E-state index is -0.417. The molecule has 2 aromatic carbocycles. The predicted molar refractivity (Wildman–Crippen MR) is 85.8 cm³/mol. The van der Waals surface area contributed by atoms with Crippen molar-refractivity contribution >= 4 is 5.69 Å². The summed E-state index contributed by atoms with van der Waals surface area (Å²) in [6.45, 7) is 5.07. The van der Waals surface area contributed by atoms with Crippen LogP contribution in [0.15, 0.2) is 48.5 Å². The molecule has 22 heavy (non-hydrogen) atoms. The molecule has 0 amide bonds. The Balaban J connectivity index is 2.14. The Kier molecular flexibility index (Phi) is 5.49. The Labute approximate surface area is 130 Å². The molecule has 0 saturated carbocycles. The summed E-state index contributed by atoms with van der Waals surface area (Å²) in [6, 6.07) is 14.9. The Bertz CT molecular complexity index is 627. The first-order chi connectivity index (χ1) is 10.6. The average Bonchev–Trinajstić information content (AvgIpc) is 2.51. The second kappa shape index (κ2) is 7.56. The zero-order valence-corrected chi connectivity index (χ0v) is 12.8. The van der Waals surface area contributed by atoms with Gasteiger partial charge in [-0.25, -0.2) is 0 Å². The molecule has 116 valence electrons. The number of rotatable bonds is 7. The number of ether oxygens (including phenoxy) is 1. The average molecular weight is 300 g/mol. The van der Waals surface area contributed by atoms with Gasteiger partial charge in [0, 0.05) is 18.7 Å². The maximum absolute atomic E-state index is 11.1. The van der Waals surface area contributed by atoms with E-state index in [0.29, 0.717) is 24.9 Å². The predicted octanol–water partition coefficient (Wildman–Crippen LogP) is 3.67. The molecule has 0 heterocycles. The van der Waals surface area contributed by atoms with Gasteiger partial charge in [-0.05, 0) is 17.2 Å². The van der Waals surface area contributed by atoms with Crippen LogP contribution in [-0.4, -0.2) is 11.0 Å². The zero-order chi connectivity index (χ0) is 15.9. The summed E-state index contributed by atoms with van der Waals surface area (Å²) in [7, 11) is 0. The normalized spacial score (nSPS) is 10.7. The standard InChI is InChI=1S/C17H20N2O3/c1-13(2)18-11-15-8-9-16(19(20)21)17(10-15)22-12-14-6-4-3-5-7-14/h3-10,13,18H,11-12H2,1-2H3. The lowest BCUT2D eigenvalue weighted by atomic mass is 10.1. The van der Waals surface area contributed by atoms with Crippen LogP contribution in [0.4, 0.5) is 5.69 Å². The molecule has 0 unspecified atom stereocenters. The summed E-state index contributed by atoms with van der Waals surface area (Å²) in [5.74, 6) is 0.303. The number of nitrogens with one attached hydrogen (secondary N) is 1. The highest BCUT2D eigenvalue weighted by Crippen LogP contribution is 2.28. The molecule has 2 rings (SSSR count). The van der Waals surface area contributed by atoms with E-state index in [2.05, 4.69) is 19.2 Å². The first-order valence-electron chi connectivity index (χ1n) is 7.23. The van der Waals surface area contributed by atoms with Gasteiger partial charge in [-0.1, -0.05) is 50.2 Å². The number of nitrogens with zero attached hydrogens (tertiary/aromatic N) is 1. The maximum atomic E-state index is 11.1. The highest BCUT2D eigenvalue weighted by Gasteiger charge is 2.15. The number of benzene rings is 2. The largest absolute Gasteiger partial charge is 0.482 e. The van der Waals surface area contributed by atoms with Crippen LogP contribution in [-0.2, 0) is 13.2 Å². The van der Waals surface area contributed by atoms with Crippen molar-refractivity contribution in [3.63, 3.8) is 0 Å². The summed E-state index contributed by atoms with van der Waals surface area (Å²) in [5.41, 5.74) is 1.93. The van der Waals surface area contributed by atoms with Crippen LogP contribution in [0, 0.1) is 10.1 Å². The minimum absolute atomic E-state index is 0.00997. The summed E-state index contributed by atoms with van der Waals surface area (Å²) < 4.78 is 5.66. The van der Waals surface area contributed by atoms with E-state index in [-0.39, 0.29) is 5.69 Å². The number of nitro groups is 1. The molecule has 0 aromatic heterocycles. The van der Waals surface area contributed by atoms with Gasteiger partial charge in [0.1, 0.15) is 6.61 Å². The second-order valence-corrected chi connectivity index (χ2v) is 5.37. The van der Waals surface area contributed by atoms with Crippen molar-refractivity contribution in [1.29, 1.82) is 0 Å². The van der Waals surface area contributed by atoms with Gasteiger partial charge in [-0.3, -0.25) is 10.1 Å². The van der Waals surface area contributed by atoms with Crippen molar-refractivity contribution in [1.82, 2.24) is 5.32 Å². The van der Waals surface area contributed by atoms with Gasteiger partial charge in [0.2, 0.25) is 0 Å². The summed E-state index contributed by atoms with van der Waals surface area (Å²) in [4.78, 5) is 10.7. The third kappa shape index (κ3) is 4.56. The minimum Gasteiger partial charge on any atom is -0.482 e. The molecule has 0 aliphatic heterocycles. The summed E-state index contributed by atoms with van der Waals surface area (Å²) >= 11 is 0. The van der Waals surface area contributed by atoms with Crippen LogP contribution >= 0.6 is 0 Å². The van der Waals surface area contributed by atoms with Crippen LogP contribution in [0.1, 0.15) is 25.0 Å². The van der Waals surface area contributed by atoms with Gasteiger partial charge in [-0.15, -0.1) is 0 Å². The lowest BCUT2D eigenvalue weighted by Gasteiger charge is -2.11. The number of nitro benzene ring substituents is 1. The first-order valence-corrected chi connectivity index (χ1v) is 7.23. The van der Waals surface area contributed by atoms with Crippen molar-refractivity contribution in [3.05, 3.63) is 69.8 Å². The van der Waals surface area contributed by atoms with Gasteiger partial charge in [0.25, 0.3) is 0 Å². The van der Waals surface area contributed by atoms with E-state index < -0.39 is 4.92 Å². The fourth-order valence-electron chi connectivity index (χ4n) is 1.99. The molecule has 0 aliphatic carbocycles. The Hall–Kier alpha value is -2.40. The molecular weight excluding hydrogens is 280 g/mol. The molecule has 1 N–H and O–H groups in total. The van der Waals surface area contributed by atoms with E-state index in [1.54, 1.807) is 12.1 Å². The molecule has 2 aromatic rings. The van der Waals surface area contributed by atoms with Crippen molar-refractivity contribution in [3.8, 4) is 5.75 Å². The highest BCUT2D eigenvalue weighted by atomic mass is 16.6. The van der Waals surface area contributed by atoms with Gasteiger partial charge in [0.15, 0.2) is 5.75 Å². The fourth-order valence-corrected chi connectivity index (χ4v) is 1.99. The van der Waals surface area contributed by atoms with Crippen molar-refractivity contribution in [2.45, 2.75) is 33.0 Å². The second-order valence-electron chi connectivity index (χ2n) is 5.37. The Morgan fingerprint density at radius 3 is 2.50 bits per heavy atom. The molecule has 0 saturated heterocycles. The fraction of sp³-hybridized carbons (Fsp3) is 0.294. The van der Waals surface area contributed by atoms with Crippen molar-refractivity contribution < 1.29 is 9.66 Å². The van der Waals surface area contributed by atoms with Gasteiger partial charge in [0.05, 0.1) is 4.92 Å². The van der Waals surface area contributed by atoms with Crippen LogP contribution in [0.3, 0.4) is 0 Å². The van der Waals surface area contributed by atoms with E-state index in [9.17, 15) is 10.1 Å². The summed E-state index contributed by atoms with van der Waals surface area (Å²) in [6.07, 6.45) is 0. The lowest BCUT2D eigenvalue weighted by Crippen LogP contribution is -2.21. The summed E-state index contributed by atoms with van der Waals surface area (Å²) in [5, 5.41) is 14.4. The zero-order valence-electron chi connectivity index (χ0n) is 12.8. The SMILES string of the molecule is CC(C)NCc1ccc([N+](=O)[O-])c(OCc2ccccc2)c1. The molecule has 0 bridgehead atoms.